The molecule has 3 N–H and O–H groups in total. The van der Waals surface area contributed by atoms with Crippen molar-refractivity contribution < 1.29 is 4.79 Å². The van der Waals surface area contributed by atoms with E-state index in [-0.39, 0.29) is 18.0 Å². The van der Waals surface area contributed by atoms with Crippen LogP contribution in [0.5, 0.6) is 0 Å². The van der Waals surface area contributed by atoms with Gasteiger partial charge in [0, 0.05) is 17.5 Å². The van der Waals surface area contributed by atoms with Crippen LogP contribution in [0.2, 0.25) is 0 Å². The molecule has 1 aromatic rings. The molecule has 0 radical (unpaired) electrons. The van der Waals surface area contributed by atoms with Gasteiger partial charge in [-0.1, -0.05) is 6.07 Å². The number of nitrogens with zero attached hydrogens (tertiary/aromatic N) is 1. The molecule has 1 aliphatic heterocycles. The largest absolute Gasteiger partial charge is 0.348 e. The summed E-state index contributed by atoms with van der Waals surface area (Å²) in [5, 5.41) is 5.06. The van der Waals surface area contributed by atoms with E-state index in [4.69, 9.17) is 5.73 Å². The van der Waals surface area contributed by atoms with Crippen molar-refractivity contribution in [1.29, 1.82) is 0 Å². The summed E-state index contributed by atoms with van der Waals surface area (Å²) in [5.74, 6) is 0.0880. The van der Waals surface area contributed by atoms with E-state index < -0.39 is 0 Å². The molecule has 1 saturated heterocycles. The number of nitrogens with two attached hydrogens (primary N) is 1. The second-order valence-corrected chi connectivity index (χ2v) is 5.92. The van der Waals surface area contributed by atoms with Crippen molar-refractivity contribution in [3.05, 3.63) is 22.4 Å². The summed E-state index contributed by atoms with van der Waals surface area (Å²) < 4.78 is 0. The SMILES string of the molecule is CC(NC(=O)CN1CCCC(N)C1)c1cccs1. The van der Waals surface area contributed by atoms with Crippen LogP contribution in [0.15, 0.2) is 17.5 Å². The number of carbonyl (C=O) groups excluding carboxylic acids is 1. The Bertz CT molecular complexity index is 380. The highest BCUT2D eigenvalue weighted by atomic mass is 32.1. The maximum absolute atomic E-state index is 11.9. The van der Waals surface area contributed by atoms with E-state index in [0.717, 1.165) is 25.9 Å². The predicted octanol–water partition coefficient (Wildman–Crippen LogP) is 1.35. The molecule has 5 heteroatoms. The quantitative estimate of drug-likeness (QED) is 0.866. The highest BCUT2D eigenvalue weighted by molar-refractivity contribution is 7.10. The molecule has 1 aromatic heterocycles. The monoisotopic (exact) mass is 267 g/mol. The first-order chi connectivity index (χ1) is 8.65. The first kappa shape index (κ1) is 13.5. The Morgan fingerprint density at radius 1 is 1.72 bits per heavy atom. The van der Waals surface area contributed by atoms with Crippen LogP contribution in [-0.2, 0) is 4.79 Å². The zero-order valence-electron chi connectivity index (χ0n) is 10.8. The maximum atomic E-state index is 11.9. The van der Waals surface area contributed by atoms with Crippen molar-refractivity contribution in [2.24, 2.45) is 5.73 Å². The van der Waals surface area contributed by atoms with Crippen molar-refractivity contribution in [1.82, 2.24) is 10.2 Å². The molecule has 2 heterocycles. The molecule has 0 saturated carbocycles. The molecule has 2 rings (SSSR count). The summed E-state index contributed by atoms with van der Waals surface area (Å²) in [7, 11) is 0. The third-order valence-corrected chi connectivity index (χ3v) is 4.31. The van der Waals surface area contributed by atoms with Gasteiger partial charge in [0.15, 0.2) is 0 Å². The topological polar surface area (TPSA) is 58.4 Å². The number of piperidine rings is 1. The highest BCUT2D eigenvalue weighted by Gasteiger charge is 2.19. The van der Waals surface area contributed by atoms with Crippen LogP contribution in [0.1, 0.15) is 30.7 Å². The Morgan fingerprint density at radius 2 is 2.56 bits per heavy atom. The molecule has 1 amide bonds. The minimum atomic E-state index is 0.0880. The third kappa shape index (κ3) is 3.80. The van der Waals surface area contributed by atoms with Gasteiger partial charge in [-0.2, -0.15) is 0 Å². The molecular weight excluding hydrogens is 246 g/mol. The van der Waals surface area contributed by atoms with E-state index in [1.807, 2.05) is 24.4 Å². The minimum absolute atomic E-state index is 0.0880. The lowest BCUT2D eigenvalue weighted by molar-refractivity contribution is -0.123. The Balaban J connectivity index is 1.78. The third-order valence-electron chi connectivity index (χ3n) is 3.26. The minimum Gasteiger partial charge on any atom is -0.348 e. The number of thiophene rings is 1. The molecule has 0 aromatic carbocycles. The van der Waals surface area contributed by atoms with E-state index in [1.165, 1.54) is 4.88 Å². The summed E-state index contributed by atoms with van der Waals surface area (Å²) in [5.41, 5.74) is 5.91. The summed E-state index contributed by atoms with van der Waals surface area (Å²) in [4.78, 5) is 15.3. The van der Waals surface area contributed by atoms with Crippen LogP contribution in [0.25, 0.3) is 0 Å². The van der Waals surface area contributed by atoms with Gasteiger partial charge >= 0.3 is 0 Å². The average Bonchev–Trinajstić information content (AvgIpc) is 2.81. The second-order valence-electron chi connectivity index (χ2n) is 4.94. The van der Waals surface area contributed by atoms with Gasteiger partial charge < -0.3 is 11.1 Å². The molecule has 1 fully saturated rings. The molecular formula is C13H21N3OS. The van der Waals surface area contributed by atoms with Gasteiger partial charge in [0.05, 0.1) is 12.6 Å². The Kier molecular flexibility index (Phi) is 4.74. The van der Waals surface area contributed by atoms with E-state index >= 15 is 0 Å². The number of amides is 1. The van der Waals surface area contributed by atoms with Gasteiger partial charge in [-0.15, -0.1) is 11.3 Å². The van der Waals surface area contributed by atoms with Gasteiger partial charge in [-0.3, -0.25) is 9.69 Å². The van der Waals surface area contributed by atoms with E-state index in [0.29, 0.717) is 6.54 Å². The maximum Gasteiger partial charge on any atom is 0.234 e. The van der Waals surface area contributed by atoms with E-state index in [1.54, 1.807) is 11.3 Å². The Labute approximate surface area is 112 Å². The fourth-order valence-corrected chi connectivity index (χ4v) is 3.07. The van der Waals surface area contributed by atoms with Gasteiger partial charge in [0.2, 0.25) is 5.91 Å². The van der Waals surface area contributed by atoms with Crippen LogP contribution < -0.4 is 11.1 Å². The average molecular weight is 267 g/mol. The van der Waals surface area contributed by atoms with Gasteiger partial charge in [0.1, 0.15) is 0 Å². The zero-order chi connectivity index (χ0) is 13.0. The number of hydrogen-bond acceptors (Lipinski definition) is 4. The smallest absolute Gasteiger partial charge is 0.234 e. The second kappa shape index (κ2) is 6.31. The standard InChI is InChI=1S/C13H21N3OS/c1-10(12-5-3-7-18-12)15-13(17)9-16-6-2-4-11(14)8-16/h3,5,7,10-11H,2,4,6,8-9,14H2,1H3,(H,15,17). The highest BCUT2D eigenvalue weighted by Crippen LogP contribution is 2.18. The van der Waals surface area contributed by atoms with Crippen molar-refractivity contribution in [3.8, 4) is 0 Å². The Hall–Kier alpha value is -0.910. The normalized spacial score (nSPS) is 22.7. The summed E-state index contributed by atoms with van der Waals surface area (Å²) >= 11 is 1.67. The number of likely N-dealkylation sites (tertiary alicyclic amines) is 1. The van der Waals surface area contributed by atoms with Crippen LogP contribution in [0, 0.1) is 0 Å². The fraction of sp³-hybridized carbons (Fsp3) is 0.615. The molecule has 18 heavy (non-hydrogen) atoms. The Morgan fingerprint density at radius 3 is 3.22 bits per heavy atom. The van der Waals surface area contributed by atoms with Crippen LogP contribution in [0.3, 0.4) is 0 Å². The molecule has 2 atom stereocenters. The van der Waals surface area contributed by atoms with Crippen molar-refractivity contribution in [2.45, 2.75) is 31.8 Å². The number of nitrogens with one attached hydrogen (secondary N) is 1. The van der Waals surface area contributed by atoms with Crippen LogP contribution in [0.4, 0.5) is 0 Å². The molecule has 0 spiro atoms. The first-order valence-corrected chi connectivity index (χ1v) is 7.34. The predicted molar refractivity (Wildman–Crippen MR) is 74.5 cm³/mol. The van der Waals surface area contributed by atoms with Crippen LogP contribution in [-0.4, -0.2) is 36.5 Å². The zero-order valence-corrected chi connectivity index (χ0v) is 11.6. The number of carbonyl (C=O) groups is 1. The van der Waals surface area contributed by atoms with Gasteiger partial charge in [-0.05, 0) is 37.8 Å². The molecule has 4 nitrogen and oxygen atoms in total. The van der Waals surface area contributed by atoms with Crippen molar-refractivity contribution >= 4 is 17.2 Å². The first-order valence-electron chi connectivity index (χ1n) is 6.46. The lowest BCUT2D eigenvalue weighted by Crippen LogP contribution is -2.47. The summed E-state index contributed by atoms with van der Waals surface area (Å²) in [6.45, 7) is 4.30. The lowest BCUT2D eigenvalue weighted by atomic mass is 10.1. The van der Waals surface area contributed by atoms with E-state index in [9.17, 15) is 4.79 Å². The van der Waals surface area contributed by atoms with Crippen molar-refractivity contribution in [2.75, 3.05) is 19.6 Å². The van der Waals surface area contributed by atoms with Crippen molar-refractivity contribution in [3.63, 3.8) is 0 Å². The van der Waals surface area contributed by atoms with Crippen LogP contribution >= 0.6 is 11.3 Å². The summed E-state index contributed by atoms with van der Waals surface area (Å²) in [6.07, 6.45) is 2.17. The van der Waals surface area contributed by atoms with Gasteiger partial charge in [-0.25, -0.2) is 0 Å². The molecule has 0 bridgehead atoms. The van der Waals surface area contributed by atoms with Gasteiger partial charge in [0.25, 0.3) is 0 Å². The lowest BCUT2D eigenvalue weighted by Gasteiger charge is -2.30. The molecule has 100 valence electrons. The summed E-state index contributed by atoms with van der Waals surface area (Å²) in [6, 6.07) is 4.37. The fourth-order valence-electron chi connectivity index (χ4n) is 2.33. The molecule has 0 aliphatic carbocycles. The number of hydrogen-bond donors (Lipinski definition) is 2. The number of rotatable bonds is 4. The van der Waals surface area contributed by atoms with E-state index in [2.05, 4.69) is 10.2 Å². The molecule has 1 aliphatic rings. The molecule has 2 unspecified atom stereocenters.